The molecule has 0 atom stereocenters. The van der Waals surface area contributed by atoms with E-state index in [4.69, 9.17) is 0 Å². The van der Waals surface area contributed by atoms with Crippen molar-refractivity contribution < 1.29 is 9.18 Å². The predicted molar refractivity (Wildman–Crippen MR) is 125 cm³/mol. The van der Waals surface area contributed by atoms with Gasteiger partial charge in [0.05, 0.1) is 0 Å². The lowest BCUT2D eigenvalue weighted by Gasteiger charge is -2.16. The van der Waals surface area contributed by atoms with Crippen LogP contribution < -0.4 is 15.5 Å². The van der Waals surface area contributed by atoms with E-state index in [0.29, 0.717) is 25.5 Å². The van der Waals surface area contributed by atoms with Crippen LogP contribution >= 0.6 is 39.9 Å². The molecule has 2 aromatic rings. The number of anilines is 1. The van der Waals surface area contributed by atoms with E-state index >= 15 is 0 Å². The van der Waals surface area contributed by atoms with Gasteiger partial charge in [-0.25, -0.2) is 4.39 Å². The van der Waals surface area contributed by atoms with Crippen LogP contribution in [0.3, 0.4) is 0 Å². The summed E-state index contributed by atoms with van der Waals surface area (Å²) in [5, 5.41) is 6.41. The molecule has 2 N–H and O–H groups in total. The molecule has 0 saturated carbocycles. The molecule has 8 heteroatoms. The van der Waals surface area contributed by atoms with Crippen LogP contribution in [0.4, 0.5) is 10.1 Å². The Morgan fingerprint density at radius 1 is 1.18 bits per heavy atom. The van der Waals surface area contributed by atoms with Crippen molar-refractivity contribution in [1.29, 1.82) is 0 Å². The second kappa shape index (κ2) is 10.8. The third kappa shape index (κ3) is 5.91. The molecule has 1 heterocycles. The van der Waals surface area contributed by atoms with Crippen LogP contribution in [0.1, 0.15) is 24.0 Å². The molecule has 0 radical (unpaired) electrons. The molecule has 0 bridgehead atoms. The zero-order valence-corrected chi connectivity index (χ0v) is 19.5. The molecule has 1 fully saturated rings. The van der Waals surface area contributed by atoms with Gasteiger partial charge in [0.15, 0.2) is 5.96 Å². The Hall–Kier alpha value is -1.68. The van der Waals surface area contributed by atoms with Crippen molar-refractivity contribution >= 4 is 57.5 Å². The van der Waals surface area contributed by atoms with Crippen LogP contribution in [0.25, 0.3) is 0 Å². The summed E-state index contributed by atoms with van der Waals surface area (Å²) in [4.78, 5) is 17.8. The van der Waals surface area contributed by atoms with E-state index in [-0.39, 0.29) is 35.7 Å². The van der Waals surface area contributed by atoms with Gasteiger partial charge in [-0.3, -0.25) is 9.79 Å². The lowest BCUT2D eigenvalue weighted by molar-refractivity contribution is -0.117. The van der Waals surface area contributed by atoms with Crippen LogP contribution in [0.15, 0.2) is 51.9 Å². The van der Waals surface area contributed by atoms with E-state index < -0.39 is 0 Å². The smallest absolute Gasteiger partial charge is 0.227 e. The molecular formula is C20H23BrFIN4O. The normalized spacial score (nSPS) is 14.0. The van der Waals surface area contributed by atoms with Gasteiger partial charge in [0.25, 0.3) is 0 Å². The largest absolute Gasteiger partial charge is 0.352 e. The number of hydrogen-bond acceptors (Lipinski definition) is 2. The van der Waals surface area contributed by atoms with E-state index in [0.717, 1.165) is 34.3 Å². The summed E-state index contributed by atoms with van der Waals surface area (Å²) in [5.74, 6) is 0.550. The number of carbonyl (C=O) groups excluding carboxylic acids is 1. The molecule has 2 aromatic carbocycles. The molecule has 5 nitrogen and oxygen atoms in total. The van der Waals surface area contributed by atoms with Crippen LogP contribution in [0.5, 0.6) is 0 Å². The van der Waals surface area contributed by atoms with Crippen molar-refractivity contribution in [2.75, 3.05) is 18.5 Å². The Morgan fingerprint density at radius 3 is 2.54 bits per heavy atom. The minimum atomic E-state index is -0.269. The quantitative estimate of drug-likeness (QED) is 0.327. The van der Waals surface area contributed by atoms with Crippen molar-refractivity contribution in [3.63, 3.8) is 0 Å². The summed E-state index contributed by atoms with van der Waals surface area (Å²) < 4.78 is 14.2. The maximum atomic E-state index is 13.4. The molecule has 150 valence electrons. The SMILES string of the molecule is CN=C(NCc1ccc(N2CCCC2=O)cc1)NCc1cc(F)ccc1Br.I. The van der Waals surface area contributed by atoms with Gasteiger partial charge in [-0.05, 0) is 47.9 Å². The van der Waals surface area contributed by atoms with Crippen molar-refractivity contribution in [3.05, 3.63) is 63.9 Å². The second-order valence-corrected chi connectivity index (χ2v) is 7.18. The number of nitrogens with zero attached hydrogens (tertiary/aromatic N) is 2. The molecular weight excluding hydrogens is 538 g/mol. The van der Waals surface area contributed by atoms with Crippen molar-refractivity contribution in [1.82, 2.24) is 10.6 Å². The minimum absolute atomic E-state index is 0. The molecule has 0 aromatic heterocycles. The van der Waals surface area contributed by atoms with Crippen LogP contribution in [0.2, 0.25) is 0 Å². The summed E-state index contributed by atoms with van der Waals surface area (Å²) in [6.45, 7) is 1.84. The van der Waals surface area contributed by atoms with Gasteiger partial charge in [-0.2, -0.15) is 0 Å². The predicted octanol–water partition coefficient (Wildman–Crippen LogP) is 4.20. The summed E-state index contributed by atoms with van der Waals surface area (Å²) in [7, 11) is 1.69. The molecule has 0 aliphatic carbocycles. The van der Waals surface area contributed by atoms with Crippen molar-refractivity contribution in [2.24, 2.45) is 4.99 Å². The van der Waals surface area contributed by atoms with Crippen LogP contribution in [-0.2, 0) is 17.9 Å². The van der Waals surface area contributed by atoms with Gasteiger partial charge < -0.3 is 15.5 Å². The second-order valence-electron chi connectivity index (χ2n) is 6.33. The van der Waals surface area contributed by atoms with E-state index in [1.165, 1.54) is 12.1 Å². The zero-order chi connectivity index (χ0) is 19.2. The number of nitrogens with one attached hydrogen (secondary N) is 2. The average Bonchev–Trinajstić information content (AvgIpc) is 3.11. The lowest BCUT2D eigenvalue weighted by atomic mass is 10.2. The molecule has 1 aliphatic rings. The highest BCUT2D eigenvalue weighted by Crippen LogP contribution is 2.21. The number of carbonyl (C=O) groups is 1. The zero-order valence-electron chi connectivity index (χ0n) is 15.5. The number of halogens is 3. The third-order valence-corrected chi connectivity index (χ3v) is 5.23. The topological polar surface area (TPSA) is 56.7 Å². The average molecular weight is 561 g/mol. The van der Waals surface area contributed by atoms with Crippen molar-refractivity contribution in [2.45, 2.75) is 25.9 Å². The number of guanidine groups is 1. The van der Waals surface area contributed by atoms with E-state index in [2.05, 4.69) is 31.6 Å². The number of amides is 1. The minimum Gasteiger partial charge on any atom is -0.352 e. The highest BCUT2D eigenvalue weighted by atomic mass is 127. The number of rotatable bonds is 5. The van der Waals surface area contributed by atoms with Gasteiger partial charge in [-0.1, -0.05) is 28.1 Å². The maximum absolute atomic E-state index is 13.4. The summed E-state index contributed by atoms with van der Waals surface area (Å²) in [6, 6.07) is 12.5. The van der Waals surface area contributed by atoms with E-state index in [1.807, 2.05) is 29.2 Å². The van der Waals surface area contributed by atoms with E-state index in [9.17, 15) is 9.18 Å². The fourth-order valence-corrected chi connectivity index (χ4v) is 3.37. The van der Waals surface area contributed by atoms with Gasteiger partial charge in [-0.15, -0.1) is 24.0 Å². The fourth-order valence-electron chi connectivity index (χ4n) is 2.98. The first kappa shape index (κ1) is 22.6. The summed E-state index contributed by atoms with van der Waals surface area (Å²) >= 11 is 3.42. The highest BCUT2D eigenvalue weighted by molar-refractivity contribution is 14.0. The van der Waals surface area contributed by atoms with E-state index in [1.54, 1.807) is 13.1 Å². The standard InChI is InChI=1S/C20H22BrFN4O.HI/c1-23-20(25-13-15-11-16(22)6-9-18(15)21)24-12-14-4-7-17(8-5-14)26-10-2-3-19(26)27;/h4-9,11H,2-3,10,12-13H2,1H3,(H2,23,24,25);1H. The Balaban J connectivity index is 0.00000280. The molecule has 0 unspecified atom stereocenters. The molecule has 1 amide bonds. The molecule has 0 spiro atoms. The lowest BCUT2D eigenvalue weighted by Crippen LogP contribution is -2.36. The Bertz CT molecular complexity index is 845. The monoisotopic (exact) mass is 560 g/mol. The molecule has 1 aliphatic heterocycles. The van der Waals surface area contributed by atoms with Gasteiger partial charge >= 0.3 is 0 Å². The number of benzene rings is 2. The fraction of sp³-hybridized carbons (Fsp3) is 0.300. The van der Waals surface area contributed by atoms with Gasteiger partial charge in [0.2, 0.25) is 5.91 Å². The van der Waals surface area contributed by atoms with Crippen molar-refractivity contribution in [3.8, 4) is 0 Å². The molecule has 3 rings (SSSR count). The first-order chi connectivity index (χ1) is 13.1. The van der Waals surface area contributed by atoms with Gasteiger partial charge in [0.1, 0.15) is 5.82 Å². The van der Waals surface area contributed by atoms with Crippen LogP contribution in [-0.4, -0.2) is 25.5 Å². The first-order valence-corrected chi connectivity index (χ1v) is 9.64. The highest BCUT2D eigenvalue weighted by Gasteiger charge is 2.21. The maximum Gasteiger partial charge on any atom is 0.227 e. The molecule has 1 saturated heterocycles. The van der Waals surface area contributed by atoms with Gasteiger partial charge in [0, 0.05) is 43.3 Å². The summed E-state index contributed by atoms with van der Waals surface area (Å²) in [6.07, 6.45) is 1.55. The Labute approximate surface area is 189 Å². The third-order valence-electron chi connectivity index (χ3n) is 4.46. The number of hydrogen-bond donors (Lipinski definition) is 2. The molecule has 28 heavy (non-hydrogen) atoms. The Morgan fingerprint density at radius 2 is 1.89 bits per heavy atom. The first-order valence-electron chi connectivity index (χ1n) is 8.84. The number of aliphatic imine (C=N–C) groups is 1. The van der Waals surface area contributed by atoms with Crippen LogP contribution in [0, 0.1) is 5.82 Å². The summed E-state index contributed by atoms with van der Waals surface area (Å²) in [5.41, 5.74) is 2.84. The Kier molecular flexibility index (Phi) is 8.68.